The second-order valence-electron chi connectivity index (χ2n) is 4.65. The highest BCUT2D eigenvalue weighted by Gasteiger charge is 2.32. The van der Waals surface area contributed by atoms with Crippen molar-refractivity contribution >= 4 is 5.76 Å². The molecular formula is C17H14N2O. The van der Waals surface area contributed by atoms with Crippen molar-refractivity contribution < 1.29 is 4.74 Å². The summed E-state index contributed by atoms with van der Waals surface area (Å²) in [5.41, 5.74) is 2.52. The van der Waals surface area contributed by atoms with E-state index in [2.05, 4.69) is 6.07 Å². The van der Waals surface area contributed by atoms with E-state index in [0.717, 1.165) is 11.1 Å². The molecule has 1 unspecified atom stereocenters. The summed E-state index contributed by atoms with van der Waals surface area (Å²) in [5.74, 6) is 0.643. The molecule has 3 nitrogen and oxygen atoms in total. The minimum atomic E-state index is -0.249. The normalized spacial score (nSPS) is 17.8. The number of hydrogen-bond donors (Lipinski definition) is 0. The van der Waals surface area contributed by atoms with Crippen molar-refractivity contribution in [2.75, 3.05) is 7.05 Å². The fraction of sp³-hybridized carbons (Fsp3) is 0.118. The zero-order valence-corrected chi connectivity index (χ0v) is 11.2. The van der Waals surface area contributed by atoms with Gasteiger partial charge in [0.15, 0.2) is 17.7 Å². The molecule has 1 aliphatic heterocycles. The molecule has 0 radical (unpaired) electrons. The summed E-state index contributed by atoms with van der Waals surface area (Å²) in [7, 11) is 1.88. The van der Waals surface area contributed by atoms with Crippen LogP contribution in [0.25, 0.3) is 5.76 Å². The number of allylic oxidation sites excluding steroid dienone is 1. The monoisotopic (exact) mass is 262 g/mol. The van der Waals surface area contributed by atoms with Gasteiger partial charge in [-0.15, -0.1) is 0 Å². The highest BCUT2D eigenvalue weighted by atomic mass is 16.5. The third-order valence-corrected chi connectivity index (χ3v) is 3.38. The van der Waals surface area contributed by atoms with Crippen molar-refractivity contribution in [1.29, 1.82) is 5.26 Å². The Balaban J connectivity index is 2.00. The molecule has 0 spiro atoms. The van der Waals surface area contributed by atoms with Crippen LogP contribution >= 0.6 is 0 Å². The van der Waals surface area contributed by atoms with Gasteiger partial charge >= 0.3 is 0 Å². The van der Waals surface area contributed by atoms with E-state index in [0.29, 0.717) is 11.5 Å². The van der Waals surface area contributed by atoms with Gasteiger partial charge in [0.05, 0.1) is 0 Å². The molecule has 2 aromatic rings. The molecular weight excluding hydrogens is 248 g/mol. The summed E-state index contributed by atoms with van der Waals surface area (Å²) in [4.78, 5) is 1.87. The van der Waals surface area contributed by atoms with Gasteiger partial charge in [-0.05, 0) is 0 Å². The minimum absolute atomic E-state index is 0.249. The van der Waals surface area contributed by atoms with Crippen molar-refractivity contribution in [3.63, 3.8) is 0 Å². The molecule has 3 rings (SSSR count). The maximum absolute atomic E-state index is 9.40. The molecule has 1 heterocycles. The predicted molar refractivity (Wildman–Crippen MR) is 77.0 cm³/mol. The smallest absolute Gasteiger partial charge is 0.199 e. The summed E-state index contributed by atoms with van der Waals surface area (Å²) in [6, 6.07) is 21.9. The SMILES string of the molecule is CN1C(C#N)=C(c2ccccc2)OC1c1ccccc1. The molecule has 0 fully saturated rings. The first-order chi connectivity index (χ1) is 9.81. The van der Waals surface area contributed by atoms with Crippen LogP contribution in [0.15, 0.2) is 66.4 Å². The lowest BCUT2D eigenvalue weighted by atomic mass is 10.1. The number of hydrogen-bond acceptors (Lipinski definition) is 3. The van der Waals surface area contributed by atoms with Crippen LogP contribution in [-0.2, 0) is 4.74 Å². The first kappa shape index (κ1) is 12.3. The Morgan fingerprint density at radius 3 is 2.20 bits per heavy atom. The molecule has 0 amide bonds. The number of benzene rings is 2. The van der Waals surface area contributed by atoms with Gasteiger partial charge in [0.25, 0.3) is 0 Å². The van der Waals surface area contributed by atoms with Gasteiger partial charge in [0.1, 0.15) is 6.07 Å². The average molecular weight is 262 g/mol. The first-order valence-corrected chi connectivity index (χ1v) is 6.45. The quantitative estimate of drug-likeness (QED) is 0.830. The van der Waals surface area contributed by atoms with Crippen LogP contribution in [0.4, 0.5) is 0 Å². The molecule has 0 N–H and O–H groups in total. The van der Waals surface area contributed by atoms with E-state index in [9.17, 15) is 5.26 Å². The summed E-state index contributed by atoms with van der Waals surface area (Å²) in [6.07, 6.45) is -0.249. The molecule has 2 aromatic carbocycles. The van der Waals surface area contributed by atoms with Gasteiger partial charge in [-0.1, -0.05) is 60.7 Å². The lowest BCUT2D eigenvalue weighted by Crippen LogP contribution is -2.18. The molecule has 98 valence electrons. The average Bonchev–Trinajstić information content (AvgIpc) is 2.86. The lowest BCUT2D eigenvalue weighted by Gasteiger charge is -2.21. The highest BCUT2D eigenvalue weighted by Crippen LogP contribution is 2.39. The second-order valence-corrected chi connectivity index (χ2v) is 4.65. The fourth-order valence-electron chi connectivity index (χ4n) is 2.36. The van der Waals surface area contributed by atoms with E-state index in [1.54, 1.807) is 0 Å². The van der Waals surface area contributed by atoms with E-state index in [1.165, 1.54) is 0 Å². The Hall–Kier alpha value is -2.73. The molecule has 1 aliphatic rings. The van der Waals surface area contributed by atoms with Crippen LogP contribution < -0.4 is 0 Å². The molecule has 1 atom stereocenters. The van der Waals surface area contributed by atoms with Gasteiger partial charge < -0.3 is 9.64 Å². The van der Waals surface area contributed by atoms with Gasteiger partial charge in [-0.2, -0.15) is 5.26 Å². The van der Waals surface area contributed by atoms with Crippen molar-refractivity contribution in [3.05, 3.63) is 77.5 Å². The molecule has 0 bridgehead atoms. The maximum Gasteiger partial charge on any atom is 0.199 e. The number of rotatable bonds is 2. The van der Waals surface area contributed by atoms with E-state index in [-0.39, 0.29) is 6.23 Å². The third kappa shape index (κ3) is 2.02. The van der Waals surface area contributed by atoms with E-state index in [4.69, 9.17) is 4.74 Å². The summed E-state index contributed by atoms with van der Waals surface area (Å²) >= 11 is 0. The Kier molecular flexibility index (Phi) is 3.14. The molecule has 3 heteroatoms. The maximum atomic E-state index is 9.40. The minimum Gasteiger partial charge on any atom is -0.463 e. The lowest BCUT2D eigenvalue weighted by molar-refractivity contribution is 0.0827. The zero-order valence-electron chi connectivity index (χ0n) is 11.2. The number of nitrogens with zero attached hydrogens (tertiary/aromatic N) is 2. The number of nitriles is 1. The van der Waals surface area contributed by atoms with Crippen molar-refractivity contribution in [3.8, 4) is 6.07 Å². The molecule has 20 heavy (non-hydrogen) atoms. The first-order valence-electron chi connectivity index (χ1n) is 6.45. The van der Waals surface area contributed by atoms with Gasteiger partial charge in [0.2, 0.25) is 0 Å². The second kappa shape index (κ2) is 5.10. The van der Waals surface area contributed by atoms with Crippen LogP contribution in [0.2, 0.25) is 0 Å². The van der Waals surface area contributed by atoms with Gasteiger partial charge in [0, 0.05) is 18.2 Å². The van der Waals surface area contributed by atoms with Gasteiger partial charge in [-0.25, -0.2) is 0 Å². The van der Waals surface area contributed by atoms with Crippen molar-refractivity contribution in [2.45, 2.75) is 6.23 Å². The van der Waals surface area contributed by atoms with E-state index in [1.807, 2.05) is 72.6 Å². The van der Waals surface area contributed by atoms with Crippen LogP contribution in [0.5, 0.6) is 0 Å². The fourth-order valence-corrected chi connectivity index (χ4v) is 2.36. The van der Waals surface area contributed by atoms with Gasteiger partial charge in [-0.3, -0.25) is 0 Å². The Bertz CT molecular complexity index is 671. The molecule has 0 saturated carbocycles. The largest absolute Gasteiger partial charge is 0.463 e. The standard InChI is InChI=1S/C17H14N2O/c1-19-15(12-18)16(13-8-4-2-5-9-13)20-17(19)14-10-6-3-7-11-14/h2-11,17H,1H3. The summed E-state index contributed by atoms with van der Waals surface area (Å²) < 4.78 is 6.03. The van der Waals surface area contributed by atoms with Crippen molar-refractivity contribution in [1.82, 2.24) is 4.90 Å². The summed E-state index contributed by atoms with van der Waals surface area (Å²) in [5, 5.41) is 9.40. The summed E-state index contributed by atoms with van der Waals surface area (Å²) in [6.45, 7) is 0. The van der Waals surface area contributed by atoms with Crippen LogP contribution in [0, 0.1) is 11.3 Å². The molecule has 0 aliphatic carbocycles. The Morgan fingerprint density at radius 2 is 1.60 bits per heavy atom. The zero-order chi connectivity index (χ0) is 13.9. The van der Waals surface area contributed by atoms with Crippen molar-refractivity contribution in [2.24, 2.45) is 0 Å². The van der Waals surface area contributed by atoms with E-state index < -0.39 is 0 Å². The Morgan fingerprint density at radius 1 is 1.00 bits per heavy atom. The van der Waals surface area contributed by atoms with Crippen LogP contribution in [-0.4, -0.2) is 11.9 Å². The number of ether oxygens (including phenoxy) is 1. The highest BCUT2D eigenvalue weighted by molar-refractivity contribution is 5.68. The molecule has 0 saturated heterocycles. The predicted octanol–water partition coefficient (Wildman–Crippen LogP) is 3.54. The Labute approximate surface area is 118 Å². The topological polar surface area (TPSA) is 36.3 Å². The van der Waals surface area contributed by atoms with Crippen LogP contribution in [0.3, 0.4) is 0 Å². The third-order valence-electron chi connectivity index (χ3n) is 3.38. The molecule has 0 aromatic heterocycles. The van der Waals surface area contributed by atoms with Crippen LogP contribution in [0.1, 0.15) is 17.4 Å². The van der Waals surface area contributed by atoms with E-state index >= 15 is 0 Å².